The number of rotatable bonds is 2. The largest absolute Gasteiger partial charge is 0.506 e. The SMILES string of the molecule is Oc1ccc(-c2nc(C3CCOCC3)no2)cc1Cl. The molecule has 0 unspecified atom stereocenters. The van der Waals surface area contributed by atoms with Crippen LogP contribution in [0, 0.1) is 0 Å². The van der Waals surface area contributed by atoms with Gasteiger partial charge in [-0.1, -0.05) is 16.8 Å². The van der Waals surface area contributed by atoms with E-state index < -0.39 is 0 Å². The molecule has 100 valence electrons. The summed E-state index contributed by atoms with van der Waals surface area (Å²) in [7, 11) is 0. The van der Waals surface area contributed by atoms with Crippen LogP contribution in [0.3, 0.4) is 0 Å². The summed E-state index contributed by atoms with van der Waals surface area (Å²) in [5.41, 5.74) is 0.702. The van der Waals surface area contributed by atoms with E-state index in [1.165, 1.54) is 6.07 Å². The Morgan fingerprint density at radius 2 is 2.05 bits per heavy atom. The van der Waals surface area contributed by atoms with Crippen LogP contribution in [-0.2, 0) is 4.74 Å². The van der Waals surface area contributed by atoms with Crippen molar-refractivity contribution in [2.45, 2.75) is 18.8 Å². The number of ether oxygens (including phenoxy) is 1. The molecule has 1 aliphatic heterocycles. The molecule has 1 aromatic carbocycles. The molecule has 6 heteroatoms. The van der Waals surface area contributed by atoms with E-state index in [1.54, 1.807) is 12.1 Å². The van der Waals surface area contributed by atoms with Crippen LogP contribution < -0.4 is 0 Å². The molecule has 3 rings (SSSR count). The van der Waals surface area contributed by atoms with E-state index in [-0.39, 0.29) is 10.8 Å². The Labute approximate surface area is 115 Å². The summed E-state index contributed by atoms with van der Waals surface area (Å²) in [5.74, 6) is 1.46. The fraction of sp³-hybridized carbons (Fsp3) is 0.385. The van der Waals surface area contributed by atoms with E-state index in [0.717, 1.165) is 26.1 Å². The predicted octanol–water partition coefficient (Wildman–Crippen LogP) is 2.99. The Morgan fingerprint density at radius 1 is 1.26 bits per heavy atom. The Morgan fingerprint density at radius 3 is 2.79 bits per heavy atom. The lowest BCUT2D eigenvalue weighted by atomic mass is 10.00. The third-order valence-electron chi connectivity index (χ3n) is 3.22. The summed E-state index contributed by atoms with van der Waals surface area (Å²) < 4.78 is 10.6. The Hall–Kier alpha value is -1.59. The molecule has 19 heavy (non-hydrogen) atoms. The van der Waals surface area contributed by atoms with Crippen LogP contribution in [0.2, 0.25) is 5.02 Å². The number of benzene rings is 1. The average Bonchev–Trinajstić information content (AvgIpc) is 2.93. The highest BCUT2D eigenvalue weighted by molar-refractivity contribution is 6.32. The normalized spacial score (nSPS) is 16.7. The molecule has 1 N–H and O–H groups in total. The first-order valence-corrected chi connectivity index (χ1v) is 6.52. The quantitative estimate of drug-likeness (QED) is 0.916. The van der Waals surface area contributed by atoms with E-state index in [1.807, 2.05) is 0 Å². The van der Waals surface area contributed by atoms with Crippen molar-refractivity contribution in [2.24, 2.45) is 0 Å². The number of halogens is 1. The number of phenolic OH excluding ortho intramolecular Hbond substituents is 1. The third-order valence-corrected chi connectivity index (χ3v) is 3.53. The molecule has 1 aromatic heterocycles. The zero-order chi connectivity index (χ0) is 13.2. The van der Waals surface area contributed by atoms with Crippen molar-refractivity contribution in [1.82, 2.24) is 10.1 Å². The van der Waals surface area contributed by atoms with Crippen LogP contribution in [0.4, 0.5) is 0 Å². The molecule has 2 aromatic rings. The standard InChI is InChI=1S/C13H13ClN2O3/c14-10-7-9(1-2-11(10)17)13-15-12(16-19-13)8-3-5-18-6-4-8/h1-2,7-8,17H,3-6H2. The molecule has 0 aliphatic carbocycles. The van der Waals surface area contributed by atoms with Crippen LogP contribution in [0.15, 0.2) is 22.7 Å². The third kappa shape index (κ3) is 2.57. The van der Waals surface area contributed by atoms with E-state index in [4.69, 9.17) is 20.9 Å². The van der Waals surface area contributed by atoms with Crippen molar-refractivity contribution < 1.29 is 14.4 Å². The molecular formula is C13H13ClN2O3. The van der Waals surface area contributed by atoms with E-state index in [2.05, 4.69) is 10.1 Å². The molecule has 0 radical (unpaired) electrons. The molecular weight excluding hydrogens is 268 g/mol. The molecule has 1 fully saturated rings. The van der Waals surface area contributed by atoms with Crippen molar-refractivity contribution in [3.63, 3.8) is 0 Å². The molecule has 0 amide bonds. The van der Waals surface area contributed by atoms with Crippen LogP contribution in [-0.4, -0.2) is 28.5 Å². The van der Waals surface area contributed by atoms with Gasteiger partial charge in [-0.25, -0.2) is 0 Å². The van der Waals surface area contributed by atoms with Gasteiger partial charge in [0.15, 0.2) is 5.82 Å². The number of aromatic nitrogens is 2. The van der Waals surface area contributed by atoms with E-state index >= 15 is 0 Å². The molecule has 1 saturated heterocycles. The first-order chi connectivity index (χ1) is 9.24. The summed E-state index contributed by atoms with van der Waals surface area (Å²) in [6.45, 7) is 1.47. The van der Waals surface area contributed by atoms with Crippen LogP contribution in [0.25, 0.3) is 11.5 Å². The Bertz CT molecular complexity index is 579. The fourth-order valence-corrected chi connectivity index (χ4v) is 2.29. The maximum absolute atomic E-state index is 9.39. The maximum Gasteiger partial charge on any atom is 0.257 e. The molecule has 0 spiro atoms. The van der Waals surface area contributed by atoms with Crippen molar-refractivity contribution in [2.75, 3.05) is 13.2 Å². The summed E-state index contributed by atoms with van der Waals surface area (Å²) >= 11 is 5.86. The number of hydrogen-bond donors (Lipinski definition) is 1. The highest BCUT2D eigenvalue weighted by atomic mass is 35.5. The van der Waals surface area contributed by atoms with Gasteiger partial charge in [-0.3, -0.25) is 0 Å². The average molecular weight is 281 g/mol. The Balaban J connectivity index is 1.85. The molecule has 0 bridgehead atoms. The first kappa shape index (κ1) is 12.4. The molecule has 0 saturated carbocycles. The van der Waals surface area contributed by atoms with Gasteiger partial charge in [-0.2, -0.15) is 4.98 Å². The van der Waals surface area contributed by atoms with Crippen LogP contribution in [0.1, 0.15) is 24.6 Å². The molecule has 0 atom stereocenters. The summed E-state index contributed by atoms with van der Waals surface area (Å²) in [4.78, 5) is 4.40. The lowest BCUT2D eigenvalue weighted by Gasteiger charge is -2.18. The number of aromatic hydroxyl groups is 1. The number of hydrogen-bond acceptors (Lipinski definition) is 5. The smallest absolute Gasteiger partial charge is 0.257 e. The zero-order valence-corrected chi connectivity index (χ0v) is 10.9. The summed E-state index contributed by atoms with van der Waals surface area (Å²) in [6.07, 6.45) is 1.82. The van der Waals surface area contributed by atoms with E-state index in [0.29, 0.717) is 23.2 Å². The van der Waals surface area contributed by atoms with Gasteiger partial charge in [0.2, 0.25) is 0 Å². The topological polar surface area (TPSA) is 68.4 Å². The summed E-state index contributed by atoms with van der Waals surface area (Å²) in [5, 5.41) is 13.7. The van der Waals surface area contributed by atoms with Gasteiger partial charge in [-0.15, -0.1) is 0 Å². The minimum Gasteiger partial charge on any atom is -0.506 e. The summed E-state index contributed by atoms with van der Waals surface area (Å²) in [6, 6.07) is 4.82. The van der Waals surface area contributed by atoms with Gasteiger partial charge >= 0.3 is 0 Å². The lowest BCUT2D eigenvalue weighted by Crippen LogP contribution is -2.15. The highest BCUT2D eigenvalue weighted by Crippen LogP contribution is 2.30. The van der Waals surface area contributed by atoms with Crippen molar-refractivity contribution in [3.8, 4) is 17.2 Å². The monoisotopic (exact) mass is 280 g/mol. The second kappa shape index (κ2) is 5.19. The molecule has 2 heterocycles. The highest BCUT2D eigenvalue weighted by Gasteiger charge is 2.21. The Kier molecular flexibility index (Phi) is 3.40. The lowest BCUT2D eigenvalue weighted by molar-refractivity contribution is 0.0830. The van der Waals surface area contributed by atoms with Gasteiger partial charge < -0.3 is 14.4 Å². The number of nitrogens with zero attached hydrogens (tertiary/aromatic N) is 2. The zero-order valence-electron chi connectivity index (χ0n) is 10.2. The number of phenols is 1. The van der Waals surface area contributed by atoms with Gasteiger partial charge in [0, 0.05) is 24.7 Å². The van der Waals surface area contributed by atoms with Gasteiger partial charge in [0.25, 0.3) is 5.89 Å². The maximum atomic E-state index is 9.39. The van der Waals surface area contributed by atoms with Crippen LogP contribution >= 0.6 is 11.6 Å². The minimum absolute atomic E-state index is 0.0367. The van der Waals surface area contributed by atoms with Gasteiger partial charge in [0.05, 0.1) is 5.02 Å². The fourth-order valence-electron chi connectivity index (χ4n) is 2.11. The van der Waals surface area contributed by atoms with Gasteiger partial charge in [-0.05, 0) is 31.0 Å². The minimum atomic E-state index is 0.0367. The van der Waals surface area contributed by atoms with Gasteiger partial charge in [0.1, 0.15) is 5.75 Å². The van der Waals surface area contributed by atoms with E-state index in [9.17, 15) is 5.11 Å². The molecule has 5 nitrogen and oxygen atoms in total. The van der Waals surface area contributed by atoms with Crippen molar-refractivity contribution in [1.29, 1.82) is 0 Å². The second-order valence-electron chi connectivity index (χ2n) is 4.51. The first-order valence-electron chi connectivity index (χ1n) is 6.14. The predicted molar refractivity (Wildman–Crippen MR) is 69.2 cm³/mol. The van der Waals surface area contributed by atoms with Crippen molar-refractivity contribution >= 4 is 11.6 Å². The van der Waals surface area contributed by atoms with Crippen LogP contribution in [0.5, 0.6) is 5.75 Å². The van der Waals surface area contributed by atoms with Crippen molar-refractivity contribution in [3.05, 3.63) is 29.0 Å². The molecule has 1 aliphatic rings. The second-order valence-corrected chi connectivity index (χ2v) is 4.92.